The first-order chi connectivity index (χ1) is 12.1. The van der Waals surface area contributed by atoms with E-state index in [2.05, 4.69) is 57.2 Å². The Hall–Kier alpha value is 1.22. The fraction of sp³-hybridized carbons (Fsp3) is 1.00. The van der Waals surface area contributed by atoms with Gasteiger partial charge >= 0.3 is 0 Å². The van der Waals surface area contributed by atoms with E-state index in [0.29, 0.717) is 18.1 Å². The molecule has 0 saturated carbocycles. The molecule has 0 amide bonds. The molecule has 6 nitrogen and oxygen atoms in total. The van der Waals surface area contributed by atoms with Crippen LogP contribution < -0.4 is 0 Å². The Kier molecular flexibility index (Phi) is 17.0. The van der Waals surface area contributed by atoms with Crippen LogP contribution in [0.2, 0.25) is 0 Å². The lowest BCUT2D eigenvalue weighted by Gasteiger charge is -2.42. The molecule has 166 valence electrons. The summed E-state index contributed by atoms with van der Waals surface area (Å²) in [5.41, 5.74) is 0. The van der Waals surface area contributed by atoms with Crippen molar-refractivity contribution in [3.8, 4) is 0 Å². The predicted molar refractivity (Wildman–Crippen MR) is 127 cm³/mol. The van der Waals surface area contributed by atoms with Crippen LogP contribution in [0.3, 0.4) is 0 Å². The molecule has 0 aromatic heterocycles. The zero-order chi connectivity index (χ0) is 20.6. The molecule has 2 fully saturated rings. The number of hydrogen-bond acceptors (Lipinski definition) is 6. The minimum atomic E-state index is -1.24. The monoisotopic (exact) mass is 618 g/mol. The van der Waals surface area contributed by atoms with Crippen molar-refractivity contribution in [2.24, 2.45) is 17.8 Å². The van der Waals surface area contributed by atoms with Crippen molar-refractivity contribution in [3.05, 3.63) is 0 Å². The molecular weight excluding hydrogens is 578 g/mol. The number of alkyl halides is 1. The SMILES string of the molecule is CC[C@H]1O[C@@H](C)[C@H](C)[C@@H](C)[C@@H]1C.CI.C[C@@H]1O[C@H](CO)[C@@H](O)[C@H](O)[C@H]1O.I. The van der Waals surface area contributed by atoms with Crippen molar-refractivity contribution in [1.29, 1.82) is 0 Å². The second-order valence-corrected chi connectivity index (χ2v) is 7.40. The third-order valence-electron chi connectivity index (χ3n) is 5.91. The van der Waals surface area contributed by atoms with Gasteiger partial charge in [-0.1, -0.05) is 50.3 Å². The molecule has 10 atom stereocenters. The summed E-state index contributed by atoms with van der Waals surface area (Å²) in [5, 5.41) is 36.4. The topological polar surface area (TPSA) is 99.4 Å². The van der Waals surface area contributed by atoms with Gasteiger partial charge in [0, 0.05) is 0 Å². The average molecular weight is 618 g/mol. The van der Waals surface area contributed by atoms with Crippen LogP contribution in [-0.4, -0.2) is 74.7 Å². The van der Waals surface area contributed by atoms with Crippen LogP contribution in [0.25, 0.3) is 0 Å². The fourth-order valence-electron chi connectivity index (χ4n) is 3.52. The summed E-state index contributed by atoms with van der Waals surface area (Å²) >= 11 is 2.15. The fourth-order valence-corrected chi connectivity index (χ4v) is 3.52. The Bertz CT molecular complexity index is 333. The second kappa shape index (κ2) is 15.1. The molecule has 4 N–H and O–H groups in total. The third kappa shape index (κ3) is 8.47. The summed E-state index contributed by atoms with van der Waals surface area (Å²) in [7, 11) is 0. The van der Waals surface area contributed by atoms with E-state index < -0.39 is 30.5 Å². The molecule has 0 spiro atoms. The lowest BCUT2D eigenvalue weighted by Crippen LogP contribution is -2.57. The van der Waals surface area contributed by atoms with E-state index in [1.54, 1.807) is 6.92 Å². The average Bonchev–Trinajstić information content (AvgIpc) is 2.66. The number of hydrogen-bond donors (Lipinski definition) is 4. The van der Waals surface area contributed by atoms with Gasteiger partial charge < -0.3 is 29.9 Å². The first-order valence-electron chi connectivity index (χ1n) is 9.49. The lowest BCUT2D eigenvalue weighted by molar-refractivity contribution is -0.224. The number of rotatable bonds is 2. The molecule has 0 radical (unpaired) electrons. The molecule has 2 rings (SSSR count). The lowest BCUT2D eigenvalue weighted by atomic mass is 9.76. The molecule has 2 aliphatic rings. The molecule has 0 aliphatic carbocycles. The Morgan fingerprint density at radius 2 is 1.19 bits per heavy atom. The van der Waals surface area contributed by atoms with Crippen LogP contribution in [0.1, 0.15) is 48.0 Å². The van der Waals surface area contributed by atoms with Crippen LogP contribution in [0.4, 0.5) is 0 Å². The number of halogens is 2. The van der Waals surface area contributed by atoms with Crippen molar-refractivity contribution >= 4 is 46.6 Å². The number of aliphatic hydroxyl groups excluding tert-OH is 4. The summed E-state index contributed by atoms with van der Waals surface area (Å²) in [4.78, 5) is 1.97. The van der Waals surface area contributed by atoms with Gasteiger partial charge in [-0.15, -0.1) is 24.0 Å². The van der Waals surface area contributed by atoms with E-state index in [9.17, 15) is 15.3 Å². The molecule has 2 heterocycles. The van der Waals surface area contributed by atoms with Gasteiger partial charge in [-0.05, 0) is 43.0 Å². The first-order valence-corrected chi connectivity index (χ1v) is 11.6. The maximum absolute atomic E-state index is 9.23. The van der Waals surface area contributed by atoms with Crippen molar-refractivity contribution < 1.29 is 29.9 Å². The number of aliphatic hydroxyl groups is 4. The summed E-state index contributed by atoms with van der Waals surface area (Å²) < 4.78 is 11.0. The minimum Gasteiger partial charge on any atom is -0.394 e. The molecule has 2 saturated heterocycles. The Balaban J connectivity index is 0. The van der Waals surface area contributed by atoms with E-state index in [4.69, 9.17) is 14.6 Å². The highest BCUT2D eigenvalue weighted by Gasteiger charge is 2.41. The molecule has 0 aromatic rings. The van der Waals surface area contributed by atoms with Gasteiger partial charge in [0.1, 0.15) is 24.4 Å². The van der Waals surface area contributed by atoms with Gasteiger partial charge in [-0.25, -0.2) is 0 Å². The van der Waals surface area contributed by atoms with Crippen molar-refractivity contribution in [2.45, 2.75) is 90.7 Å². The summed E-state index contributed by atoms with van der Waals surface area (Å²) in [6.45, 7) is 12.6. The summed E-state index contributed by atoms with van der Waals surface area (Å²) in [6, 6.07) is 0. The zero-order valence-corrected chi connectivity index (χ0v) is 22.1. The normalized spacial score (nSPS) is 44.0. The largest absolute Gasteiger partial charge is 0.394 e. The molecule has 27 heavy (non-hydrogen) atoms. The smallest absolute Gasteiger partial charge is 0.111 e. The van der Waals surface area contributed by atoms with E-state index >= 15 is 0 Å². The highest BCUT2D eigenvalue weighted by atomic mass is 127. The standard InChI is InChI=1S/C11H22O.C7H14O5.CH3I.HI/c1-6-11-9(4)7(2)8(3)10(5)12-11;1-3-5(9)7(11)6(10)4(2-8)12-3;1-2;/h7-11H,6H2,1-5H3;3-11H,2H2,1H3;1H3;1H/t7-,8-,9+,10+,11-;3-,4+,5-,6+,7+;;/m10../s1. The predicted octanol–water partition coefficient (Wildman–Crippen LogP) is 2.61. The maximum atomic E-state index is 9.23. The molecule has 0 unspecified atom stereocenters. The molecule has 8 heteroatoms. The van der Waals surface area contributed by atoms with Crippen molar-refractivity contribution in [2.75, 3.05) is 11.5 Å². The van der Waals surface area contributed by atoms with Crippen molar-refractivity contribution in [1.82, 2.24) is 0 Å². The quantitative estimate of drug-likeness (QED) is 0.281. The molecular formula is C19H40I2O6. The van der Waals surface area contributed by atoms with E-state index in [1.807, 2.05) is 4.93 Å². The first kappa shape index (κ1) is 30.4. The van der Waals surface area contributed by atoms with Gasteiger partial charge in [0.25, 0.3) is 0 Å². The van der Waals surface area contributed by atoms with E-state index in [1.165, 1.54) is 0 Å². The van der Waals surface area contributed by atoms with Gasteiger partial charge in [0.15, 0.2) is 0 Å². The van der Waals surface area contributed by atoms with Crippen LogP contribution in [0.5, 0.6) is 0 Å². The minimum absolute atomic E-state index is 0. The van der Waals surface area contributed by atoms with Gasteiger partial charge in [-0.2, -0.15) is 0 Å². The van der Waals surface area contributed by atoms with Crippen LogP contribution in [0, 0.1) is 17.8 Å². The van der Waals surface area contributed by atoms with Crippen LogP contribution in [0.15, 0.2) is 0 Å². The maximum Gasteiger partial charge on any atom is 0.111 e. The van der Waals surface area contributed by atoms with E-state index in [0.717, 1.165) is 18.3 Å². The molecule has 2 aliphatic heterocycles. The van der Waals surface area contributed by atoms with Crippen LogP contribution >= 0.6 is 46.6 Å². The molecule has 0 bridgehead atoms. The highest BCUT2D eigenvalue weighted by molar-refractivity contribution is 14.1. The second-order valence-electron chi connectivity index (χ2n) is 7.40. The Labute approximate surface area is 195 Å². The van der Waals surface area contributed by atoms with Crippen molar-refractivity contribution in [3.63, 3.8) is 0 Å². The van der Waals surface area contributed by atoms with E-state index in [-0.39, 0.29) is 30.6 Å². The third-order valence-corrected chi connectivity index (χ3v) is 5.91. The molecule has 0 aromatic carbocycles. The highest BCUT2D eigenvalue weighted by Crippen LogP contribution is 2.35. The summed E-state index contributed by atoms with van der Waals surface area (Å²) in [5.74, 6) is 2.24. The number of ether oxygens (including phenoxy) is 2. The Morgan fingerprint density at radius 3 is 1.63 bits per heavy atom. The van der Waals surface area contributed by atoms with Gasteiger partial charge in [0.2, 0.25) is 0 Å². The van der Waals surface area contributed by atoms with Gasteiger partial charge in [0.05, 0.1) is 24.9 Å². The van der Waals surface area contributed by atoms with Crippen LogP contribution in [-0.2, 0) is 9.47 Å². The Morgan fingerprint density at radius 1 is 0.704 bits per heavy atom. The van der Waals surface area contributed by atoms with Gasteiger partial charge in [-0.3, -0.25) is 0 Å². The summed E-state index contributed by atoms with van der Waals surface area (Å²) in [6.07, 6.45) is -2.84. The zero-order valence-electron chi connectivity index (χ0n) is 17.6.